The van der Waals surface area contributed by atoms with Crippen LogP contribution in [0.4, 0.5) is 18.9 Å². The number of carbonyl (C=O) groups is 3. The van der Waals surface area contributed by atoms with Gasteiger partial charge in [0.05, 0.1) is 29.0 Å². The third-order valence-corrected chi connectivity index (χ3v) is 13.9. The average Bonchev–Trinajstić information content (AvgIpc) is 4.20. The number of para-hydroxylation sites is 1. The number of nitriles is 1. The van der Waals surface area contributed by atoms with Gasteiger partial charge in [0.1, 0.15) is 34.8 Å². The molecule has 8 rings (SSSR count). The Hall–Kier alpha value is -6.74. The van der Waals surface area contributed by atoms with Crippen molar-refractivity contribution in [3.05, 3.63) is 109 Å². The van der Waals surface area contributed by atoms with Crippen molar-refractivity contribution < 1.29 is 45.1 Å². The summed E-state index contributed by atoms with van der Waals surface area (Å²) in [5.74, 6) is -2.71. The van der Waals surface area contributed by atoms with Crippen molar-refractivity contribution in [2.45, 2.75) is 92.9 Å². The summed E-state index contributed by atoms with van der Waals surface area (Å²) < 4.78 is 81.2. The normalized spacial score (nSPS) is 21.0. The van der Waals surface area contributed by atoms with Crippen LogP contribution >= 0.6 is 0 Å². The van der Waals surface area contributed by atoms with Gasteiger partial charge in [0.25, 0.3) is 11.8 Å². The number of halogens is 3. The van der Waals surface area contributed by atoms with Gasteiger partial charge in [0.2, 0.25) is 27.4 Å². The van der Waals surface area contributed by atoms with E-state index in [2.05, 4.69) is 44.6 Å². The zero-order valence-corrected chi connectivity index (χ0v) is 36.0. The maximum Gasteiger partial charge on any atom is 0.416 e. The van der Waals surface area contributed by atoms with E-state index in [-0.39, 0.29) is 42.2 Å². The van der Waals surface area contributed by atoms with Crippen LogP contribution in [-0.2, 0) is 30.6 Å². The first-order valence-corrected chi connectivity index (χ1v) is 22.9. The number of carbonyl (C=O) groups excluding carboxylic acids is 3. The highest BCUT2D eigenvalue weighted by molar-refractivity contribution is 7.91. The lowest BCUT2D eigenvalue weighted by molar-refractivity contribution is -0.140. The second-order valence-electron chi connectivity index (χ2n) is 16.7. The standard InChI is InChI=1S/C47H46F3N7O7S/c1-3-5-6-7-8-12-36(52-32-20-14-28(26-51)15-21-32)44(59)57-27-33(24-37(57)42(58)55-46(25-30(46)4-2)45(60)56-65(61,62)34-22-23-34)63-43-40-39(35-11-9-10-13-38(35)64-40)53-41(54-43)29-16-18-31(19-17-29)47(48,49)50/h3-4,9-11,13-21,30,33-34,36-37,52H,1-2,5-8,12,22-25,27H2,(H,55,58)(H,56,60)/t30-,33-,36+,37+,46-/m1/s1. The number of unbranched alkanes of at least 4 members (excludes halogenated alkanes) is 3. The highest BCUT2D eigenvalue weighted by atomic mass is 32.2. The molecule has 2 saturated carbocycles. The number of allylic oxidation sites excluding steroid dienone is 1. The van der Waals surface area contributed by atoms with Crippen LogP contribution in [-0.4, -0.2) is 76.5 Å². The average molecular weight is 910 g/mol. The fourth-order valence-electron chi connectivity index (χ4n) is 8.25. The van der Waals surface area contributed by atoms with Crippen molar-refractivity contribution in [2.24, 2.45) is 5.92 Å². The summed E-state index contributed by atoms with van der Waals surface area (Å²) in [4.78, 5) is 53.9. The second kappa shape index (κ2) is 18.0. The molecular formula is C47H46F3N7O7S. The molecule has 5 atom stereocenters. The molecule has 3 aromatic carbocycles. The second-order valence-corrected chi connectivity index (χ2v) is 18.6. The lowest BCUT2D eigenvalue weighted by atomic mass is 10.0. The number of sulfonamides is 1. The number of likely N-dealkylation sites (tertiary alicyclic amines) is 1. The molecule has 3 aliphatic rings. The summed E-state index contributed by atoms with van der Waals surface area (Å²) in [7, 11) is -3.98. The van der Waals surface area contributed by atoms with Crippen molar-refractivity contribution >= 4 is 55.5 Å². The number of benzene rings is 3. The predicted molar refractivity (Wildman–Crippen MR) is 235 cm³/mol. The molecule has 2 aromatic heterocycles. The van der Waals surface area contributed by atoms with E-state index in [1.54, 1.807) is 48.5 Å². The van der Waals surface area contributed by atoms with Crippen molar-refractivity contribution in [3.8, 4) is 23.3 Å². The Bertz CT molecular complexity index is 2810. The molecule has 18 heteroatoms. The summed E-state index contributed by atoms with van der Waals surface area (Å²) in [5, 5.41) is 15.4. The summed E-state index contributed by atoms with van der Waals surface area (Å²) >= 11 is 0. The van der Waals surface area contributed by atoms with Gasteiger partial charge in [0, 0.05) is 29.0 Å². The van der Waals surface area contributed by atoms with Crippen LogP contribution in [0.25, 0.3) is 33.5 Å². The Kier molecular flexibility index (Phi) is 12.4. The van der Waals surface area contributed by atoms with Crippen LogP contribution in [0.1, 0.15) is 68.9 Å². The van der Waals surface area contributed by atoms with E-state index in [1.165, 1.54) is 23.1 Å². The van der Waals surface area contributed by atoms with Crippen molar-refractivity contribution in [3.63, 3.8) is 0 Å². The lowest BCUT2D eigenvalue weighted by Crippen LogP contribution is -2.57. The molecule has 5 aromatic rings. The molecule has 3 N–H and O–H groups in total. The number of rotatable bonds is 18. The number of aromatic nitrogens is 2. The van der Waals surface area contributed by atoms with E-state index in [9.17, 15) is 41.2 Å². The minimum absolute atomic E-state index is 0.0365. The zero-order valence-electron chi connectivity index (χ0n) is 35.1. The predicted octanol–water partition coefficient (Wildman–Crippen LogP) is 7.57. The molecule has 338 valence electrons. The number of alkyl halides is 3. The number of hydrogen-bond donors (Lipinski definition) is 3. The molecule has 3 fully saturated rings. The zero-order chi connectivity index (χ0) is 46.1. The van der Waals surface area contributed by atoms with E-state index >= 15 is 0 Å². The molecule has 0 bridgehead atoms. The molecule has 3 amide bonds. The number of hydrogen-bond acceptors (Lipinski definition) is 11. The summed E-state index contributed by atoms with van der Waals surface area (Å²) in [6.45, 7) is 7.42. The molecule has 0 spiro atoms. The minimum Gasteiger partial charge on any atom is -0.470 e. The number of amides is 3. The van der Waals surface area contributed by atoms with Gasteiger partial charge in [-0.05, 0) is 87.1 Å². The van der Waals surface area contributed by atoms with Gasteiger partial charge >= 0.3 is 6.18 Å². The van der Waals surface area contributed by atoms with Gasteiger partial charge < -0.3 is 24.7 Å². The largest absolute Gasteiger partial charge is 0.470 e. The van der Waals surface area contributed by atoms with Gasteiger partial charge in [0.15, 0.2) is 5.82 Å². The number of fused-ring (bicyclic) bond motifs is 3. The monoisotopic (exact) mass is 909 g/mol. The highest BCUT2D eigenvalue weighted by Gasteiger charge is 2.62. The van der Waals surface area contributed by atoms with Crippen LogP contribution in [0, 0.1) is 17.2 Å². The van der Waals surface area contributed by atoms with E-state index in [1.807, 2.05) is 6.08 Å². The number of anilines is 1. The first kappa shape index (κ1) is 44.9. The highest BCUT2D eigenvalue weighted by Crippen LogP contribution is 2.46. The van der Waals surface area contributed by atoms with Crippen LogP contribution < -0.4 is 20.1 Å². The first-order valence-electron chi connectivity index (χ1n) is 21.4. The Morgan fingerprint density at radius 2 is 1.75 bits per heavy atom. The van der Waals surface area contributed by atoms with Crippen molar-refractivity contribution in [2.75, 3.05) is 11.9 Å². The smallest absolute Gasteiger partial charge is 0.416 e. The Labute approximate surface area is 373 Å². The van der Waals surface area contributed by atoms with Gasteiger partial charge in [-0.3, -0.25) is 19.1 Å². The Morgan fingerprint density at radius 1 is 1.02 bits per heavy atom. The van der Waals surface area contributed by atoms with Gasteiger partial charge in [-0.25, -0.2) is 13.4 Å². The lowest BCUT2D eigenvalue weighted by Gasteiger charge is -2.30. The molecular weight excluding hydrogens is 864 g/mol. The molecule has 14 nitrogen and oxygen atoms in total. The number of nitrogens with zero attached hydrogens (tertiary/aromatic N) is 4. The summed E-state index contributed by atoms with van der Waals surface area (Å²) in [6.07, 6.45) is 2.01. The van der Waals surface area contributed by atoms with E-state index < -0.39 is 74.4 Å². The number of furan rings is 1. The summed E-state index contributed by atoms with van der Waals surface area (Å²) in [5.41, 5.74) is -0.364. The first-order chi connectivity index (χ1) is 31.1. The molecule has 2 aliphatic carbocycles. The van der Waals surface area contributed by atoms with Crippen LogP contribution in [0.2, 0.25) is 0 Å². The molecule has 1 aliphatic heterocycles. The number of nitrogens with one attached hydrogen (secondary N) is 3. The van der Waals surface area contributed by atoms with E-state index in [4.69, 9.17) is 9.15 Å². The summed E-state index contributed by atoms with van der Waals surface area (Å²) in [6, 6.07) is 17.9. The van der Waals surface area contributed by atoms with Gasteiger partial charge in [-0.1, -0.05) is 49.3 Å². The molecule has 1 saturated heterocycles. The maximum absolute atomic E-state index is 14.9. The molecule has 65 heavy (non-hydrogen) atoms. The van der Waals surface area contributed by atoms with Crippen LogP contribution in [0.5, 0.6) is 5.88 Å². The van der Waals surface area contributed by atoms with Gasteiger partial charge in [-0.15, -0.1) is 13.2 Å². The van der Waals surface area contributed by atoms with E-state index in [0.29, 0.717) is 53.4 Å². The maximum atomic E-state index is 14.9. The molecule has 0 unspecified atom stereocenters. The SMILES string of the molecule is C=CCCCCC[C@H](Nc1ccc(C#N)cc1)C(=O)N1C[C@H](Oc2nc(-c3ccc(C(F)(F)F)cc3)nc3c2oc2ccccc23)C[C@H]1C(=O)N[C@]1(C(=O)NS(=O)(=O)C2CC2)C[C@H]1C=C. The molecule has 3 heterocycles. The van der Waals surface area contributed by atoms with Crippen molar-refractivity contribution in [1.29, 1.82) is 5.26 Å². The topological polar surface area (TPSA) is 197 Å². The third kappa shape index (κ3) is 9.56. The fourth-order valence-corrected chi connectivity index (χ4v) is 9.61. The third-order valence-electron chi connectivity index (χ3n) is 12.1. The Morgan fingerprint density at radius 3 is 2.42 bits per heavy atom. The van der Waals surface area contributed by atoms with E-state index in [0.717, 1.165) is 31.4 Å². The van der Waals surface area contributed by atoms with Crippen molar-refractivity contribution in [1.82, 2.24) is 24.9 Å². The quantitative estimate of drug-likeness (QED) is 0.0580. The van der Waals surface area contributed by atoms with Crippen LogP contribution in [0.15, 0.2) is 103 Å². The minimum atomic E-state index is -4.57. The van der Waals surface area contributed by atoms with Crippen LogP contribution in [0.3, 0.4) is 0 Å². The number of ether oxygens (including phenoxy) is 1. The Balaban J connectivity index is 1.14. The van der Waals surface area contributed by atoms with Gasteiger partial charge in [-0.2, -0.15) is 23.4 Å². The molecule has 0 radical (unpaired) electrons. The fraction of sp³-hybridized carbons (Fsp3) is 0.362.